The average molecular weight is 387 g/mol. The maximum atomic E-state index is 12.4. The molecule has 1 aliphatic rings. The molecule has 1 saturated carbocycles. The standard InChI is InChI=1S/C21H26N2O3S/c1-16-7-13-20(14-8-16)27(25,26)23-19-11-9-17(10-12-19)15-21(24)22-18-5-3-2-4-6-18/h7-14,18,23H,2-6,15H2,1H3,(H,22,24). The maximum Gasteiger partial charge on any atom is 0.261 e. The summed E-state index contributed by atoms with van der Waals surface area (Å²) < 4.78 is 27.4. The summed E-state index contributed by atoms with van der Waals surface area (Å²) in [6.45, 7) is 1.91. The highest BCUT2D eigenvalue weighted by molar-refractivity contribution is 7.92. The molecule has 1 amide bonds. The van der Waals surface area contributed by atoms with Gasteiger partial charge in [0.25, 0.3) is 10.0 Å². The van der Waals surface area contributed by atoms with Crippen molar-refractivity contribution in [3.05, 3.63) is 59.7 Å². The molecule has 144 valence electrons. The molecule has 0 unspecified atom stereocenters. The summed E-state index contributed by atoms with van der Waals surface area (Å²) in [4.78, 5) is 12.4. The fourth-order valence-electron chi connectivity index (χ4n) is 3.33. The van der Waals surface area contributed by atoms with E-state index in [0.29, 0.717) is 18.2 Å². The zero-order chi connectivity index (χ0) is 19.3. The van der Waals surface area contributed by atoms with Crippen LogP contribution in [0, 0.1) is 6.92 Å². The largest absolute Gasteiger partial charge is 0.353 e. The van der Waals surface area contributed by atoms with E-state index in [-0.39, 0.29) is 10.8 Å². The van der Waals surface area contributed by atoms with Gasteiger partial charge in [0, 0.05) is 11.7 Å². The number of carbonyl (C=O) groups is 1. The second-order valence-electron chi connectivity index (χ2n) is 7.19. The van der Waals surface area contributed by atoms with E-state index < -0.39 is 10.0 Å². The number of carbonyl (C=O) groups excluding carboxylic acids is 1. The number of rotatable bonds is 6. The second-order valence-corrected chi connectivity index (χ2v) is 8.88. The summed E-state index contributed by atoms with van der Waals surface area (Å²) in [5.74, 6) is 0.0230. The number of sulfonamides is 1. The lowest BCUT2D eigenvalue weighted by Gasteiger charge is -2.22. The van der Waals surface area contributed by atoms with Crippen molar-refractivity contribution >= 4 is 21.6 Å². The van der Waals surface area contributed by atoms with Crippen LogP contribution in [0.15, 0.2) is 53.4 Å². The van der Waals surface area contributed by atoms with Crippen molar-refractivity contribution in [2.45, 2.75) is 56.4 Å². The molecule has 0 atom stereocenters. The Hall–Kier alpha value is -2.34. The molecule has 0 heterocycles. The van der Waals surface area contributed by atoms with Crippen LogP contribution in [0.5, 0.6) is 0 Å². The number of hydrogen-bond donors (Lipinski definition) is 2. The minimum absolute atomic E-state index is 0.0230. The third kappa shape index (κ3) is 5.57. The summed E-state index contributed by atoms with van der Waals surface area (Å²) in [6, 6.07) is 14.0. The lowest BCUT2D eigenvalue weighted by atomic mass is 9.95. The number of amides is 1. The van der Waals surface area contributed by atoms with E-state index in [1.807, 2.05) is 6.92 Å². The summed E-state index contributed by atoms with van der Waals surface area (Å²) in [5.41, 5.74) is 2.35. The third-order valence-electron chi connectivity index (χ3n) is 4.87. The molecular formula is C21H26N2O3S. The van der Waals surface area contributed by atoms with E-state index in [2.05, 4.69) is 10.0 Å². The molecule has 1 aliphatic carbocycles. The summed E-state index contributed by atoms with van der Waals surface area (Å²) >= 11 is 0. The molecule has 2 aromatic carbocycles. The van der Waals surface area contributed by atoms with E-state index in [1.54, 1.807) is 48.5 Å². The smallest absolute Gasteiger partial charge is 0.261 e. The molecule has 0 radical (unpaired) electrons. The van der Waals surface area contributed by atoms with Gasteiger partial charge < -0.3 is 5.32 Å². The molecule has 0 aromatic heterocycles. The van der Waals surface area contributed by atoms with Crippen molar-refractivity contribution in [3.63, 3.8) is 0 Å². The Kier molecular flexibility index (Phi) is 6.16. The Labute approximate surface area is 161 Å². The van der Waals surface area contributed by atoms with Crippen molar-refractivity contribution in [1.29, 1.82) is 0 Å². The van der Waals surface area contributed by atoms with Gasteiger partial charge in [0.05, 0.1) is 11.3 Å². The van der Waals surface area contributed by atoms with Crippen LogP contribution in [0.4, 0.5) is 5.69 Å². The minimum atomic E-state index is -3.61. The molecule has 2 N–H and O–H groups in total. The van der Waals surface area contributed by atoms with Crippen molar-refractivity contribution in [1.82, 2.24) is 5.32 Å². The van der Waals surface area contributed by atoms with E-state index >= 15 is 0 Å². The van der Waals surface area contributed by atoms with Crippen LogP contribution in [0.1, 0.15) is 43.2 Å². The molecule has 0 saturated heterocycles. The van der Waals surface area contributed by atoms with Crippen LogP contribution in [0.25, 0.3) is 0 Å². The number of nitrogens with one attached hydrogen (secondary N) is 2. The monoisotopic (exact) mass is 386 g/mol. The first-order chi connectivity index (χ1) is 12.9. The van der Waals surface area contributed by atoms with Crippen molar-refractivity contribution in [2.24, 2.45) is 0 Å². The summed E-state index contributed by atoms with van der Waals surface area (Å²) in [6.07, 6.45) is 6.05. The fourth-order valence-corrected chi connectivity index (χ4v) is 4.39. The lowest BCUT2D eigenvalue weighted by molar-refractivity contribution is -0.121. The molecule has 0 bridgehead atoms. The Morgan fingerprint density at radius 2 is 1.59 bits per heavy atom. The van der Waals surface area contributed by atoms with Gasteiger partial charge in [-0.15, -0.1) is 0 Å². The molecular weight excluding hydrogens is 360 g/mol. The number of aryl methyl sites for hydroxylation is 1. The topological polar surface area (TPSA) is 75.3 Å². The average Bonchev–Trinajstić information content (AvgIpc) is 2.64. The summed E-state index contributed by atoms with van der Waals surface area (Å²) in [7, 11) is -3.61. The first kappa shape index (κ1) is 19.4. The van der Waals surface area contributed by atoms with Crippen LogP contribution in [0.2, 0.25) is 0 Å². The van der Waals surface area contributed by atoms with Gasteiger partial charge in [-0.3, -0.25) is 9.52 Å². The SMILES string of the molecule is Cc1ccc(S(=O)(=O)Nc2ccc(CC(=O)NC3CCCCC3)cc2)cc1. The molecule has 3 rings (SSSR count). The maximum absolute atomic E-state index is 12.4. The van der Waals surface area contributed by atoms with E-state index in [4.69, 9.17) is 0 Å². The number of benzene rings is 2. The van der Waals surface area contributed by atoms with Gasteiger partial charge in [-0.25, -0.2) is 8.42 Å². The first-order valence-electron chi connectivity index (χ1n) is 9.40. The minimum Gasteiger partial charge on any atom is -0.353 e. The van der Waals surface area contributed by atoms with E-state index in [1.165, 1.54) is 19.3 Å². The molecule has 0 aliphatic heterocycles. The molecule has 0 spiro atoms. The second kappa shape index (κ2) is 8.57. The van der Waals surface area contributed by atoms with Gasteiger partial charge in [-0.1, -0.05) is 49.1 Å². The van der Waals surface area contributed by atoms with Crippen molar-refractivity contribution in [3.8, 4) is 0 Å². The molecule has 1 fully saturated rings. The first-order valence-corrected chi connectivity index (χ1v) is 10.9. The van der Waals surface area contributed by atoms with E-state index in [0.717, 1.165) is 24.0 Å². The predicted octanol–water partition coefficient (Wildman–Crippen LogP) is 3.79. The highest BCUT2D eigenvalue weighted by Crippen LogP contribution is 2.19. The lowest BCUT2D eigenvalue weighted by Crippen LogP contribution is -2.37. The van der Waals surface area contributed by atoms with Gasteiger partial charge in [-0.2, -0.15) is 0 Å². The van der Waals surface area contributed by atoms with Crippen molar-refractivity contribution in [2.75, 3.05) is 4.72 Å². The molecule has 6 heteroatoms. The highest BCUT2D eigenvalue weighted by atomic mass is 32.2. The highest BCUT2D eigenvalue weighted by Gasteiger charge is 2.16. The van der Waals surface area contributed by atoms with Crippen LogP contribution in [-0.4, -0.2) is 20.4 Å². The fraction of sp³-hybridized carbons (Fsp3) is 0.381. The number of hydrogen-bond acceptors (Lipinski definition) is 3. The van der Waals surface area contributed by atoms with Crippen molar-refractivity contribution < 1.29 is 13.2 Å². The quantitative estimate of drug-likeness (QED) is 0.793. The van der Waals surface area contributed by atoms with Crippen LogP contribution >= 0.6 is 0 Å². The zero-order valence-electron chi connectivity index (χ0n) is 15.6. The summed E-state index contributed by atoms with van der Waals surface area (Å²) in [5, 5.41) is 3.10. The van der Waals surface area contributed by atoms with Crippen LogP contribution in [-0.2, 0) is 21.2 Å². The van der Waals surface area contributed by atoms with Crippen LogP contribution < -0.4 is 10.0 Å². The van der Waals surface area contributed by atoms with Gasteiger partial charge >= 0.3 is 0 Å². The Balaban J connectivity index is 1.58. The molecule has 2 aromatic rings. The zero-order valence-corrected chi connectivity index (χ0v) is 16.4. The van der Waals surface area contributed by atoms with Gasteiger partial charge in [0.1, 0.15) is 0 Å². The Morgan fingerprint density at radius 1 is 0.963 bits per heavy atom. The third-order valence-corrected chi connectivity index (χ3v) is 6.27. The van der Waals surface area contributed by atoms with E-state index in [9.17, 15) is 13.2 Å². The van der Waals surface area contributed by atoms with Gasteiger partial charge in [0.2, 0.25) is 5.91 Å². The predicted molar refractivity (Wildman–Crippen MR) is 107 cm³/mol. The van der Waals surface area contributed by atoms with Crippen LogP contribution in [0.3, 0.4) is 0 Å². The normalized spacial score (nSPS) is 15.3. The number of anilines is 1. The van der Waals surface area contributed by atoms with Gasteiger partial charge in [-0.05, 0) is 49.6 Å². The molecule has 27 heavy (non-hydrogen) atoms. The molecule has 5 nitrogen and oxygen atoms in total. The Morgan fingerprint density at radius 3 is 2.22 bits per heavy atom. The van der Waals surface area contributed by atoms with Gasteiger partial charge in [0.15, 0.2) is 0 Å². The Bertz CT molecular complexity index is 869.